The highest BCUT2D eigenvalue weighted by atomic mass is 16.5. The van der Waals surface area contributed by atoms with Crippen molar-refractivity contribution in [1.29, 1.82) is 0 Å². The summed E-state index contributed by atoms with van der Waals surface area (Å²) in [5.74, 6) is 0.845. The molecule has 2 N–H and O–H groups in total. The standard InChI is InChI=1S/C14H30N2O/c1-4-17-13(11-15)9-10-16(3)14-8-6-5-7-12(14)2/h12-14H,4-11,15H2,1-3H3. The van der Waals surface area contributed by atoms with E-state index < -0.39 is 0 Å². The van der Waals surface area contributed by atoms with Crippen LogP contribution in [-0.2, 0) is 4.74 Å². The zero-order valence-corrected chi connectivity index (χ0v) is 11.8. The van der Waals surface area contributed by atoms with Gasteiger partial charge in [-0.1, -0.05) is 19.8 Å². The summed E-state index contributed by atoms with van der Waals surface area (Å²) in [5, 5.41) is 0. The van der Waals surface area contributed by atoms with Crippen molar-refractivity contribution in [3.05, 3.63) is 0 Å². The summed E-state index contributed by atoms with van der Waals surface area (Å²) in [5.41, 5.74) is 5.71. The van der Waals surface area contributed by atoms with Gasteiger partial charge in [0.2, 0.25) is 0 Å². The van der Waals surface area contributed by atoms with E-state index in [9.17, 15) is 0 Å². The Kier molecular flexibility index (Phi) is 7.09. The van der Waals surface area contributed by atoms with Crippen molar-refractivity contribution >= 4 is 0 Å². The van der Waals surface area contributed by atoms with Crippen LogP contribution in [0, 0.1) is 5.92 Å². The second kappa shape index (κ2) is 8.06. The van der Waals surface area contributed by atoms with Crippen LogP contribution in [0.1, 0.15) is 46.0 Å². The molecule has 1 fully saturated rings. The first-order valence-corrected chi connectivity index (χ1v) is 7.21. The molecule has 17 heavy (non-hydrogen) atoms. The molecule has 1 saturated carbocycles. The molecule has 0 amide bonds. The van der Waals surface area contributed by atoms with Crippen LogP contribution < -0.4 is 5.73 Å². The van der Waals surface area contributed by atoms with Gasteiger partial charge in [0.15, 0.2) is 0 Å². The summed E-state index contributed by atoms with van der Waals surface area (Å²) >= 11 is 0. The van der Waals surface area contributed by atoms with Gasteiger partial charge in [0.25, 0.3) is 0 Å². The molecule has 0 radical (unpaired) electrons. The quantitative estimate of drug-likeness (QED) is 0.744. The van der Waals surface area contributed by atoms with E-state index in [0.29, 0.717) is 6.54 Å². The Labute approximate surface area is 107 Å². The zero-order valence-electron chi connectivity index (χ0n) is 11.8. The third-order valence-electron chi connectivity index (χ3n) is 4.10. The zero-order chi connectivity index (χ0) is 12.7. The number of ether oxygens (including phenoxy) is 1. The third-order valence-corrected chi connectivity index (χ3v) is 4.10. The number of nitrogens with two attached hydrogens (primary N) is 1. The highest BCUT2D eigenvalue weighted by molar-refractivity contribution is 4.79. The molecule has 3 nitrogen and oxygen atoms in total. The summed E-state index contributed by atoms with van der Waals surface area (Å²) < 4.78 is 5.60. The lowest BCUT2D eigenvalue weighted by Crippen LogP contribution is -2.41. The van der Waals surface area contributed by atoms with Gasteiger partial charge < -0.3 is 15.4 Å². The van der Waals surface area contributed by atoms with Gasteiger partial charge in [-0.2, -0.15) is 0 Å². The van der Waals surface area contributed by atoms with Crippen LogP contribution in [0.15, 0.2) is 0 Å². The van der Waals surface area contributed by atoms with Crippen molar-refractivity contribution in [3.63, 3.8) is 0 Å². The second-order valence-corrected chi connectivity index (χ2v) is 5.41. The summed E-state index contributed by atoms with van der Waals surface area (Å²) in [7, 11) is 2.26. The van der Waals surface area contributed by atoms with Gasteiger partial charge in [0.05, 0.1) is 6.10 Å². The van der Waals surface area contributed by atoms with Crippen LogP contribution in [0.25, 0.3) is 0 Å². The van der Waals surface area contributed by atoms with Gasteiger partial charge in [0.1, 0.15) is 0 Å². The largest absolute Gasteiger partial charge is 0.377 e. The van der Waals surface area contributed by atoms with Crippen molar-refractivity contribution < 1.29 is 4.74 Å². The molecule has 3 heteroatoms. The highest BCUT2D eigenvalue weighted by Gasteiger charge is 2.24. The lowest BCUT2D eigenvalue weighted by Gasteiger charge is -2.36. The molecule has 0 saturated heterocycles. The van der Waals surface area contributed by atoms with E-state index >= 15 is 0 Å². The Hall–Kier alpha value is -0.120. The Morgan fingerprint density at radius 1 is 1.35 bits per heavy atom. The van der Waals surface area contributed by atoms with E-state index in [2.05, 4.69) is 18.9 Å². The predicted octanol–water partition coefficient (Wildman–Crippen LogP) is 2.25. The molecule has 0 heterocycles. The number of hydrogen-bond donors (Lipinski definition) is 1. The average molecular weight is 242 g/mol. The Bertz CT molecular complexity index is 199. The lowest BCUT2D eigenvalue weighted by molar-refractivity contribution is 0.0465. The van der Waals surface area contributed by atoms with Crippen molar-refractivity contribution in [2.75, 3.05) is 26.7 Å². The van der Waals surface area contributed by atoms with Gasteiger partial charge in [0, 0.05) is 25.7 Å². The van der Waals surface area contributed by atoms with E-state index in [0.717, 1.165) is 31.5 Å². The SMILES string of the molecule is CCOC(CN)CCN(C)C1CCCCC1C. The molecule has 1 rings (SSSR count). The van der Waals surface area contributed by atoms with Crippen LogP contribution in [0.5, 0.6) is 0 Å². The van der Waals surface area contributed by atoms with Crippen molar-refractivity contribution in [1.82, 2.24) is 4.90 Å². The van der Waals surface area contributed by atoms with Crippen LogP contribution >= 0.6 is 0 Å². The molecule has 3 unspecified atom stereocenters. The minimum Gasteiger partial charge on any atom is -0.377 e. The first-order chi connectivity index (χ1) is 8.19. The molecular weight excluding hydrogens is 212 g/mol. The first-order valence-electron chi connectivity index (χ1n) is 7.21. The molecule has 3 atom stereocenters. The lowest BCUT2D eigenvalue weighted by atomic mass is 9.85. The average Bonchev–Trinajstić information content (AvgIpc) is 2.34. The van der Waals surface area contributed by atoms with Gasteiger partial charge in [-0.05, 0) is 39.2 Å². The smallest absolute Gasteiger partial charge is 0.0709 e. The molecule has 0 aliphatic heterocycles. The fraction of sp³-hybridized carbons (Fsp3) is 1.00. The summed E-state index contributed by atoms with van der Waals surface area (Å²) in [6.45, 7) is 6.95. The van der Waals surface area contributed by atoms with E-state index in [4.69, 9.17) is 10.5 Å². The number of rotatable bonds is 7. The van der Waals surface area contributed by atoms with Crippen LogP contribution in [-0.4, -0.2) is 43.8 Å². The van der Waals surface area contributed by atoms with E-state index in [1.54, 1.807) is 0 Å². The Morgan fingerprint density at radius 3 is 2.65 bits per heavy atom. The third kappa shape index (κ3) is 4.94. The molecule has 0 spiro atoms. The summed E-state index contributed by atoms with van der Waals surface area (Å²) in [4.78, 5) is 2.52. The second-order valence-electron chi connectivity index (χ2n) is 5.41. The van der Waals surface area contributed by atoms with Crippen molar-refractivity contribution in [2.45, 2.75) is 58.1 Å². The van der Waals surface area contributed by atoms with Crippen LogP contribution in [0.2, 0.25) is 0 Å². The van der Waals surface area contributed by atoms with E-state index in [1.807, 2.05) is 6.92 Å². The maximum Gasteiger partial charge on any atom is 0.0709 e. The van der Waals surface area contributed by atoms with Crippen molar-refractivity contribution in [3.8, 4) is 0 Å². The first kappa shape index (κ1) is 14.9. The summed E-state index contributed by atoms with van der Waals surface area (Å²) in [6.07, 6.45) is 6.85. The number of nitrogens with zero attached hydrogens (tertiary/aromatic N) is 1. The van der Waals surface area contributed by atoms with Gasteiger partial charge >= 0.3 is 0 Å². The van der Waals surface area contributed by atoms with Gasteiger partial charge in [-0.15, -0.1) is 0 Å². The molecule has 0 aromatic carbocycles. The maximum absolute atomic E-state index is 5.71. The maximum atomic E-state index is 5.71. The normalized spacial score (nSPS) is 27.4. The van der Waals surface area contributed by atoms with E-state index in [1.165, 1.54) is 25.7 Å². The fourth-order valence-corrected chi connectivity index (χ4v) is 2.97. The molecule has 0 aromatic heterocycles. The monoisotopic (exact) mass is 242 g/mol. The molecule has 102 valence electrons. The highest BCUT2D eigenvalue weighted by Crippen LogP contribution is 2.27. The topological polar surface area (TPSA) is 38.5 Å². The molecule has 1 aliphatic carbocycles. The number of hydrogen-bond acceptors (Lipinski definition) is 3. The fourth-order valence-electron chi connectivity index (χ4n) is 2.97. The van der Waals surface area contributed by atoms with Crippen molar-refractivity contribution in [2.24, 2.45) is 11.7 Å². The summed E-state index contributed by atoms with van der Waals surface area (Å²) in [6, 6.07) is 0.767. The predicted molar refractivity (Wildman–Crippen MR) is 73.1 cm³/mol. The van der Waals surface area contributed by atoms with Crippen LogP contribution in [0.4, 0.5) is 0 Å². The molecular formula is C14H30N2O. The van der Waals surface area contributed by atoms with E-state index in [-0.39, 0.29) is 6.10 Å². The molecule has 0 bridgehead atoms. The Morgan fingerprint density at radius 2 is 2.06 bits per heavy atom. The molecule has 0 aromatic rings. The molecule has 1 aliphatic rings. The van der Waals surface area contributed by atoms with Gasteiger partial charge in [-0.25, -0.2) is 0 Å². The van der Waals surface area contributed by atoms with Crippen LogP contribution in [0.3, 0.4) is 0 Å². The Balaban J connectivity index is 2.29. The van der Waals surface area contributed by atoms with Gasteiger partial charge in [-0.3, -0.25) is 0 Å². The minimum atomic E-state index is 0.237. The minimum absolute atomic E-state index is 0.237.